The van der Waals surface area contributed by atoms with E-state index >= 15 is 0 Å². The highest BCUT2D eigenvalue weighted by Crippen LogP contribution is 2.31. The zero-order chi connectivity index (χ0) is 23.5. The molecule has 2 aromatic rings. The van der Waals surface area contributed by atoms with E-state index in [9.17, 15) is 18.8 Å². The molecule has 2 aliphatic rings. The van der Waals surface area contributed by atoms with Gasteiger partial charge in [-0.1, -0.05) is 0 Å². The largest absolute Gasteiger partial charge is 0.493 e. The summed E-state index contributed by atoms with van der Waals surface area (Å²) in [5.74, 6) is -1.03. The molecule has 9 heteroatoms. The van der Waals surface area contributed by atoms with Crippen LogP contribution in [0.4, 0.5) is 10.1 Å². The van der Waals surface area contributed by atoms with E-state index < -0.39 is 29.6 Å². The number of methoxy groups -OCH3 is 2. The van der Waals surface area contributed by atoms with E-state index in [1.807, 2.05) is 0 Å². The van der Waals surface area contributed by atoms with Crippen molar-refractivity contribution < 1.29 is 33.0 Å². The third-order valence-electron chi connectivity index (χ3n) is 5.90. The molecule has 2 heterocycles. The van der Waals surface area contributed by atoms with Crippen molar-refractivity contribution in [3.8, 4) is 11.5 Å². The van der Waals surface area contributed by atoms with Crippen molar-refractivity contribution in [2.24, 2.45) is 0 Å². The van der Waals surface area contributed by atoms with Crippen LogP contribution in [0.1, 0.15) is 29.6 Å². The molecule has 0 bridgehead atoms. The van der Waals surface area contributed by atoms with Crippen molar-refractivity contribution in [2.75, 3.05) is 32.3 Å². The van der Waals surface area contributed by atoms with Gasteiger partial charge in [0.05, 0.1) is 32.4 Å². The standard InChI is InChI=1S/C24H25FN2O6/c1-31-20-10-5-15(12-21(20)32-2)23(29)26(14-18-4-3-11-33-18)19-13-22(28)27(24(19)30)17-8-6-16(25)7-9-17/h5-10,12,18-19H,3-4,11,13-14H2,1-2H3. The van der Waals surface area contributed by atoms with Gasteiger partial charge in [0.2, 0.25) is 5.91 Å². The summed E-state index contributed by atoms with van der Waals surface area (Å²) in [7, 11) is 2.96. The van der Waals surface area contributed by atoms with Crippen molar-refractivity contribution in [1.82, 2.24) is 4.90 Å². The highest BCUT2D eigenvalue weighted by Gasteiger charge is 2.45. The lowest BCUT2D eigenvalue weighted by Crippen LogP contribution is -2.48. The Kier molecular flexibility index (Phi) is 6.60. The van der Waals surface area contributed by atoms with Gasteiger partial charge in [0, 0.05) is 18.7 Å². The minimum atomic E-state index is -0.993. The number of nitrogens with zero attached hydrogens (tertiary/aromatic N) is 2. The van der Waals surface area contributed by atoms with Crippen LogP contribution in [0.25, 0.3) is 0 Å². The second-order valence-corrected chi connectivity index (χ2v) is 7.93. The SMILES string of the molecule is COc1ccc(C(=O)N(CC2CCCO2)C2CC(=O)N(c3ccc(F)cc3)C2=O)cc1OC. The van der Waals surface area contributed by atoms with Gasteiger partial charge in [0.25, 0.3) is 11.8 Å². The van der Waals surface area contributed by atoms with Crippen LogP contribution in [0.3, 0.4) is 0 Å². The van der Waals surface area contributed by atoms with E-state index in [-0.39, 0.29) is 24.8 Å². The van der Waals surface area contributed by atoms with E-state index in [1.54, 1.807) is 18.2 Å². The van der Waals surface area contributed by atoms with Crippen LogP contribution in [0, 0.1) is 5.82 Å². The van der Waals surface area contributed by atoms with Crippen LogP contribution in [-0.2, 0) is 14.3 Å². The van der Waals surface area contributed by atoms with E-state index in [2.05, 4.69) is 0 Å². The van der Waals surface area contributed by atoms with Gasteiger partial charge in [0.1, 0.15) is 11.9 Å². The second kappa shape index (κ2) is 9.58. The molecule has 4 rings (SSSR count). The summed E-state index contributed by atoms with van der Waals surface area (Å²) in [4.78, 5) is 42.1. The number of benzene rings is 2. The minimum Gasteiger partial charge on any atom is -0.493 e. The third kappa shape index (κ3) is 4.54. The van der Waals surface area contributed by atoms with Crippen molar-refractivity contribution in [1.29, 1.82) is 0 Å². The Labute approximate surface area is 190 Å². The van der Waals surface area contributed by atoms with Gasteiger partial charge >= 0.3 is 0 Å². The van der Waals surface area contributed by atoms with E-state index in [0.717, 1.165) is 17.7 Å². The molecule has 33 heavy (non-hydrogen) atoms. The smallest absolute Gasteiger partial charge is 0.257 e. The van der Waals surface area contributed by atoms with Crippen LogP contribution in [0.15, 0.2) is 42.5 Å². The number of anilines is 1. The molecule has 0 spiro atoms. The number of hydrogen-bond donors (Lipinski definition) is 0. The van der Waals surface area contributed by atoms with Crippen molar-refractivity contribution in [2.45, 2.75) is 31.4 Å². The van der Waals surface area contributed by atoms with Crippen LogP contribution in [-0.4, -0.2) is 62.1 Å². The first-order chi connectivity index (χ1) is 15.9. The topological polar surface area (TPSA) is 85.4 Å². The fourth-order valence-electron chi connectivity index (χ4n) is 4.22. The van der Waals surface area contributed by atoms with Gasteiger partial charge in [-0.05, 0) is 55.3 Å². The summed E-state index contributed by atoms with van der Waals surface area (Å²) in [6.07, 6.45) is 1.23. The van der Waals surface area contributed by atoms with Gasteiger partial charge in [-0.3, -0.25) is 14.4 Å². The van der Waals surface area contributed by atoms with Crippen LogP contribution < -0.4 is 14.4 Å². The lowest BCUT2D eigenvalue weighted by atomic mass is 10.1. The first-order valence-corrected chi connectivity index (χ1v) is 10.7. The average molecular weight is 456 g/mol. The molecule has 0 radical (unpaired) electrons. The molecule has 174 valence electrons. The zero-order valence-corrected chi connectivity index (χ0v) is 18.5. The molecule has 0 aliphatic carbocycles. The van der Waals surface area contributed by atoms with Crippen molar-refractivity contribution in [3.63, 3.8) is 0 Å². The number of ether oxygens (including phenoxy) is 3. The van der Waals surface area contributed by atoms with Crippen molar-refractivity contribution >= 4 is 23.4 Å². The van der Waals surface area contributed by atoms with E-state index in [4.69, 9.17) is 14.2 Å². The van der Waals surface area contributed by atoms with Crippen LogP contribution >= 0.6 is 0 Å². The second-order valence-electron chi connectivity index (χ2n) is 7.93. The normalized spacial score (nSPS) is 20.3. The number of amides is 3. The Bertz CT molecular complexity index is 1050. The van der Waals surface area contributed by atoms with Crippen LogP contribution in [0.2, 0.25) is 0 Å². The summed E-state index contributed by atoms with van der Waals surface area (Å²) in [6.45, 7) is 0.760. The summed E-state index contributed by atoms with van der Waals surface area (Å²) < 4.78 is 29.6. The molecule has 2 aliphatic heterocycles. The number of halogens is 1. The van der Waals surface area contributed by atoms with Crippen LogP contribution in [0.5, 0.6) is 11.5 Å². The maximum atomic E-state index is 13.6. The van der Waals surface area contributed by atoms with E-state index in [0.29, 0.717) is 23.7 Å². The average Bonchev–Trinajstić information content (AvgIpc) is 3.44. The number of imide groups is 1. The van der Waals surface area contributed by atoms with Gasteiger partial charge in [-0.25, -0.2) is 9.29 Å². The zero-order valence-electron chi connectivity index (χ0n) is 18.5. The molecule has 2 saturated heterocycles. The molecule has 2 aromatic carbocycles. The Balaban J connectivity index is 1.65. The van der Waals surface area contributed by atoms with Gasteiger partial charge in [-0.15, -0.1) is 0 Å². The van der Waals surface area contributed by atoms with Gasteiger partial charge in [0.15, 0.2) is 11.5 Å². The first-order valence-electron chi connectivity index (χ1n) is 10.7. The predicted octanol–water partition coefficient (Wildman–Crippen LogP) is 2.80. The Morgan fingerprint density at radius 2 is 1.85 bits per heavy atom. The molecule has 2 atom stereocenters. The van der Waals surface area contributed by atoms with Gasteiger partial charge < -0.3 is 19.1 Å². The maximum Gasteiger partial charge on any atom is 0.257 e. The van der Waals surface area contributed by atoms with E-state index in [1.165, 1.54) is 43.4 Å². The fourth-order valence-corrected chi connectivity index (χ4v) is 4.22. The third-order valence-corrected chi connectivity index (χ3v) is 5.90. The predicted molar refractivity (Wildman–Crippen MR) is 117 cm³/mol. The fraction of sp³-hybridized carbons (Fsp3) is 0.375. The summed E-state index contributed by atoms with van der Waals surface area (Å²) >= 11 is 0. The Morgan fingerprint density at radius 1 is 1.12 bits per heavy atom. The summed E-state index contributed by atoms with van der Waals surface area (Å²) in [6, 6.07) is 8.86. The number of carbonyl (C=O) groups is 3. The lowest BCUT2D eigenvalue weighted by Gasteiger charge is -2.30. The first kappa shape index (κ1) is 22.7. The Morgan fingerprint density at radius 3 is 2.48 bits per heavy atom. The monoisotopic (exact) mass is 456 g/mol. The minimum absolute atomic E-state index is 0.165. The molecule has 0 N–H and O–H groups in total. The highest BCUT2D eigenvalue weighted by atomic mass is 19.1. The summed E-state index contributed by atoms with van der Waals surface area (Å²) in [5.41, 5.74) is 0.565. The summed E-state index contributed by atoms with van der Waals surface area (Å²) in [5, 5.41) is 0. The number of hydrogen-bond acceptors (Lipinski definition) is 6. The number of rotatable bonds is 7. The molecule has 2 fully saturated rings. The van der Waals surface area contributed by atoms with Crippen molar-refractivity contribution in [3.05, 3.63) is 53.8 Å². The molecule has 8 nitrogen and oxygen atoms in total. The molecular weight excluding hydrogens is 431 g/mol. The maximum absolute atomic E-state index is 13.6. The molecule has 0 aromatic heterocycles. The molecule has 3 amide bonds. The highest BCUT2D eigenvalue weighted by molar-refractivity contribution is 6.23. The number of carbonyl (C=O) groups excluding carboxylic acids is 3. The van der Waals surface area contributed by atoms with Gasteiger partial charge in [-0.2, -0.15) is 0 Å². The molecular formula is C24H25FN2O6. The molecule has 2 unspecified atom stereocenters. The Hall–Kier alpha value is -3.46. The quantitative estimate of drug-likeness (QED) is 0.596. The lowest BCUT2D eigenvalue weighted by molar-refractivity contribution is -0.122. The molecule has 0 saturated carbocycles.